The summed E-state index contributed by atoms with van der Waals surface area (Å²) in [4.78, 5) is 18.3. The summed E-state index contributed by atoms with van der Waals surface area (Å²) in [7, 11) is 0. The number of halogens is 1. The summed E-state index contributed by atoms with van der Waals surface area (Å²) < 4.78 is 0. The van der Waals surface area contributed by atoms with Gasteiger partial charge in [-0.25, -0.2) is 0 Å². The number of hydrogen-bond acceptors (Lipinski definition) is 3. The third-order valence-corrected chi connectivity index (χ3v) is 2.86. The lowest BCUT2D eigenvalue weighted by molar-refractivity contribution is -0.130. The van der Waals surface area contributed by atoms with Crippen LogP contribution in [0.1, 0.15) is 18.7 Å². The first-order chi connectivity index (χ1) is 6.65. The van der Waals surface area contributed by atoms with Gasteiger partial charge in [0.05, 0.1) is 12.1 Å². The lowest BCUT2D eigenvalue weighted by Gasteiger charge is -2.25. The van der Waals surface area contributed by atoms with Gasteiger partial charge in [0, 0.05) is 17.1 Å². The fourth-order valence-corrected chi connectivity index (χ4v) is 1.87. The normalized spacial score (nSPS) is 10.6. The first-order valence-electron chi connectivity index (χ1n) is 4.38. The smallest absolute Gasteiger partial charge is 0.238 e. The van der Waals surface area contributed by atoms with Crippen LogP contribution in [0.3, 0.4) is 0 Å². The number of aromatic nitrogens is 1. The summed E-state index contributed by atoms with van der Waals surface area (Å²) in [6.45, 7) is 4.56. The highest BCUT2D eigenvalue weighted by Gasteiger charge is 2.16. The molecule has 78 valence electrons. The summed E-state index contributed by atoms with van der Waals surface area (Å²) in [5.41, 5.74) is 1.76. The molecule has 0 aromatic carbocycles. The van der Waals surface area contributed by atoms with Crippen LogP contribution in [-0.2, 0) is 11.3 Å². The molecule has 3 nitrogen and oxygen atoms in total. The van der Waals surface area contributed by atoms with E-state index in [0.717, 1.165) is 4.88 Å². The van der Waals surface area contributed by atoms with Gasteiger partial charge in [-0.15, -0.1) is 22.9 Å². The second-order valence-corrected chi connectivity index (χ2v) is 4.45. The van der Waals surface area contributed by atoms with Crippen molar-refractivity contribution in [1.82, 2.24) is 9.88 Å². The maximum absolute atomic E-state index is 11.5. The third kappa shape index (κ3) is 2.96. The first-order valence-corrected chi connectivity index (χ1v) is 5.79. The summed E-state index contributed by atoms with van der Waals surface area (Å²) in [6, 6.07) is 0.170. The molecule has 0 N–H and O–H groups in total. The van der Waals surface area contributed by atoms with Crippen LogP contribution in [0.2, 0.25) is 0 Å². The molecule has 0 aliphatic heterocycles. The molecule has 0 fully saturated rings. The van der Waals surface area contributed by atoms with Gasteiger partial charge in [-0.05, 0) is 13.8 Å². The van der Waals surface area contributed by atoms with Gasteiger partial charge in [0.1, 0.15) is 5.88 Å². The summed E-state index contributed by atoms with van der Waals surface area (Å²) in [6.07, 6.45) is 1.78. The quantitative estimate of drug-likeness (QED) is 0.746. The zero-order valence-electron chi connectivity index (χ0n) is 8.24. The molecule has 0 aliphatic carbocycles. The van der Waals surface area contributed by atoms with E-state index in [9.17, 15) is 4.79 Å². The van der Waals surface area contributed by atoms with Crippen LogP contribution in [0.4, 0.5) is 0 Å². The van der Waals surface area contributed by atoms with E-state index in [0.29, 0.717) is 6.54 Å². The van der Waals surface area contributed by atoms with E-state index >= 15 is 0 Å². The second kappa shape index (κ2) is 5.32. The van der Waals surface area contributed by atoms with Crippen molar-refractivity contribution in [3.63, 3.8) is 0 Å². The molecule has 0 radical (unpaired) electrons. The van der Waals surface area contributed by atoms with Crippen molar-refractivity contribution in [3.05, 3.63) is 16.6 Å². The van der Waals surface area contributed by atoms with Crippen molar-refractivity contribution in [2.75, 3.05) is 5.88 Å². The van der Waals surface area contributed by atoms with Gasteiger partial charge in [-0.2, -0.15) is 0 Å². The fraction of sp³-hybridized carbons (Fsp3) is 0.556. The number of thiazole rings is 1. The Morgan fingerprint density at radius 3 is 2.86 bits per heavy atom. The average molecular weight is 233 g/mol. The van der Waals surface area contributed by atoms with Crippen LogP contribution in [0.15, 0.2) is 11.7 Å². The Bertz CT molecular complexity index is 287. The summed E-state index contributed by atoms with van der Waals surface area (Å²) in [5.74, 6) is 0.00633. The highest BCUT2D eigenvalue weighted by molar-refractivity contribution is 7.09. The predicted molar refractivity (Wildman–Crippen MR) is 58.5 cm³/mol. The number of carbonyl (C=O) groups excluding carboxylic acids is 1. The molecule has 0 bridgehead atoms. The van der Waals surface area contributed by atoms with E-state index in [4.69, 9.17) is 11.6 Å². The van der Waals surface area contributed by atoms with Gasteiger partial charge in [-0.3, -0.25) is 9.78 Å². The van der Waals surface area contributed by atoms with Crippen LogP contribution in [-0.4, -0.2) is 27.7 Å². The zero-order valence-corrected chi connectivity index (χ0v) is 9.81. The van der Waals surface area contributed by atoms with E-state index in [2.05, 4.69) is 4.98 Å². The molecule has 1 aromatic heterocycles. The van der Waals surface area contributed by atoms with E-state index in [1.54, 1.807) is 27.9 Å². The van der Waals surface area contributed by atoms with Gasteiger partial charge in [-0.1, -0.05) is 0 Å². The van der Waals surface area contributed by atoms with Crippen molar-refractivity contribution in [2.45, 2.75) is 26.4 Å². The minimum atomic E-state index is -0.0323. The fourth-order valence-electron chi connectivity index (χ4n) is 1.12. The average Bonchev–Trinajstić information content (AvgIpc) is 2.65. The highest BCUT2D eigenvalue weighted by atomic mass is 35.5. The van der Waals surface area contributed by atoms with E-state index in [-0.39, 0.29) is 17.8 Å². The van der Waals surface area contributed by atoms with E-state index in [1.807, 2.05) is 13.8 Å². The van der Waals surface area contributed by atoms with Crippen molar-refractivity contribution < 1.29 is 4.79 Å². The number of carbonyl (C=O) groups is 1. The Labute approximate surface area is 92.7 Å². The van der Waals surface area contributed by atoms with Crippen molar-refractivity contribution >= 4 is 28.8 Å². The number of nitrogens with zero attached hydrogens (tertiary/aromatic N) is 2. The van der Waals surface area contributed by atoms with Crippen molar-refractivity contribution in [2.24, 2.45) is 0 Å². The van der Waals surface area contributed by atoms with Gasteiger partial charge in [0.2, 0.25) is 5.91 Å². The van der Waals surface area contributed by atoms with Gasteiger partial charge >= 0.3 is 0 Å². The zero-order chi connectivity index (χ0) is 10.6. The number of rotatable bonds is 4. The number of alkyl halides is 1. The van der Waals surface area contributed by atoms with Gasteiger partial charge in [0.25, 0.3) is 0 Å². The number of hydrogen-bond donors (Lipinski definition) is 0. The maximum Gasteiger partial charge on any atom is 0.238 e. The van der Waals surface area contributed by atoms with Crippen LogP contribution in [0, 0.1) is 0 Å². The highest BCUT2D eigenvalue weighted by Crippen LogP contribution is 2.12. The lowest BCUT2D eigenvalue weighted by atomic mass is 10.3. The monoisotopic (exact) mass is 232 g/mol. The molecule has 0 saturated heterocycles. The second-order valence-electron chi connectivity index (χ2n) is 3.22. The van der Waals surface area contributed by atoms with Gasteiger partial charge in [0.15, 0.2) is 0 Å². The Balaban J connectivity index is 2.65. The van der Waals surface area contributed by atoms with Crippen LogP contribution < -0.4 is 0 Å². The Morgan fingerprint density at radius 1 is 1.71 bits per heavy atom. The van der Waals surface area contributed by atoms with Crippen LogP contribution in [0.25, 0.3) is 0 Å². The molecule has 1 amide bonds. The van der Waals surface area contributed by atoms with Crippen LogP contribution >= 0.6 is 22.9 Å². The largest absolute Gasteiger partial charge is 0.334 e. The Morgan fingerprint density at radius 2 is 2.43 bits per heavy atom. The molecule has 0 atom stereocenters. The third-order valence-electron chi connectivity index (χ3n) is 1.87. The van der Waals surface area contributed by atoms with Crippen molar-refractivity contribution in [1.29, 1.82) is 0 Å². The maximum atomic E-state index is 11.5. The summed E-state index contributed by atoms with van der Waals surface area (Å²) in [5, 5.41) is 0. The Kier molecular flexibility index (Phi) is 4.35. The Hall–Kier alpha value is -0.610. The number of amides is 1. The minimum Gasteiger partial charge on any atom is -0.334 e. The van der Waals surface area contributed by atoms with Crippen LogP contribution in [0.5, 0.6) is 0 Å². The molecule has 5 heteroatoms. The van der Waals surface area contributed by atoms with Crippen molar-refractivity contribution in [3.8, 4) is 0 Å². The van der Waals surface area contributed by atoms with E-state index < -0.39 is 0 Å². The molecule has 1 rings (SSSR count). The molecule has 1 aromatic rings. The predicted octanol–water partition coefficient (Wildman–Crippen LogP) is 2.12. The standard InChI is InChI=1S/C9H13ClN2OS/c1-7(2)12(9(13)3-10)5-8-4-11-6-14-8/h4,6-7H,3,5H2,1-2H3. The molecule has 1 heterocycles. The topological polar surface area (TPSA) is 33.2 Å². The first kappa shape index (κ1) is 11.5. The molecule has 0 spiro atoms. The molecular weight excluding hydrogens is 220 g/mol. The SMILES string of the molecule is CC(C)N(Cc1cncs1)C(=O)CCl. The molecule has 0 aliphatic rings. The molecule has 14 heavy (non-hydrogen) atoms. The minimum absolute atomic E-state index is 0.0323. The van der Waals surface area contributed by atoms with Gasteiger partial charge < -0.3 is 4.90 Å². The van der Waals surface area contributed by atoms with E-state index in [1.165, 1.54) is 0 Å². The molecule has 0 saturated carbocycles. The molecule has 0 unspecified atom stereocenters. The lowest BCUT2D eigenvalue weighted by Crippen LogP contribution is -2.36. The molecular formula is C9H13ClN2OS. The summed E-state index contributed by atoms with van der Waals surface area (Å²) >= 11 is 7.08.